The Morgan fingerprint density at radius 1 is 1.09 bits per heavy atom. The van der Waals surface area contributed by atoms with Gasteiger partial charge in [0.2, 0.25) is 0 Å². The third-order valence-corrected chi connectivity index (χ3v) is 7.61. The van der Waals surface area contributed by atoms with Crippen molar-refractivity contribution in [1.82, 2.24) is 4.90 Å². The second-order valence-corrected chi connectivity index (χ2v) is 9.93. The molecule has 3 rings (SSSR count). The van der Waals surface area contributed by atoms with Crippen LogP contribution in [0.1, 0.15) is 35.2 Å². The SMILES string of the molecule is COC(=O)c1ccc(S(=O)(=O)N(CCN2CCCCC2)c2ccc(C(F)(F)F)cc2Cl)cc1. The number of nitrogens with zero attached hydrogens (tertiary/aromatic N) is 2. The number of piperidine rings is 1. The molecule has 0 amide bonds. The van der Waals surface area contributed by atoms with Crippen molar-refractivity contribution < 1.29 is 31.1 Å². The number of carbonyl (C=O) groups is 1. The molecule has 33 heavy (non-hydrogen) atoms. The van der Waals surface area contributed by atoms with Crippen LogP contribution in [0.25, 0.3) is 0 Å². The molecule has 6 nitrogen and oxygen atoms in total. The molecule has 180 valence electrons. The normalized spacial score (nSPS) is 15.3. The monoisotopic (exact) mass is 504 g/mol. The molecule has 1 aliphatic heterocycles. The summed E-state index contributed by atoms with van der Waals surface area (Å²) in [7, 11) is -2.98. The Balaban J connectivity index is 1.98. The van der Waals surface area contributed by atoms with Gasteiger partial charge in [0.1, 0.15) is 0 Å². The van der Waals surface area contributed by atoms with E-state index in [-0.39, 0.29) is 27.7 Å². The number of hydrogen-bond acceptors (Lipinski definition) is 5. The quantitative estimate of drug-likeness (QED) is 0.505. The van der Waals surface area contributed by atoms with E-state index in [1.165, 1.54) is 31.4 Å². The lowest BCUT2D eigenvalue weighted by molar-refractivity contribution is -0.137. The van der Waals surface area contributed by atoms with Crippen LogP contribution in [-0.2, 0) is 20.9 Å². The number of rotatable bonds is 7. The number of hydrogen-bond donors (Lipinski definition) is 0. The van der Waals surface area contributed by atoms with Crippen LogP contribution in [0.2, 0.25) is 5.02 Å². The number of methoxy groups -OCH3 is 1. The van der Waals surface area contributed by atoms with Crippen LogP contribution in [0, 0.1) is 0 Å². The first kappa shape index (κ1) is 25.3. The Kier molecular flexibility index (Phi) is 7.92. The number of anilines is 1. The van der Waals surface area contributed by atoms with Gasteiger partial charge in [0, 0.05) is 13.1 Å². The summed E-state index contributed by atoms with van der Waals surface area (Å²) < 4.78 is 71.9. The highest BCUT2D eigenvalue weighted by Gasteiger charge is 2.33. The Hall–Kier alpha value is -2.30. The highest BCUT2D eigenvalue weighted by molar-refractivity contribution is 7.92. The number of ether oxygens (including phenoxy) is 1. The molecule has 1 fully saturated rings. The summed E-state index contributed by atoms with van der Waals surface area (Å²) in [4.78, 5) is 13.7. The maximum Gasteiger partial charge on any atom is 0.416 e. The van der Waals surface area contributed by atoms with Crippen LogP contribution in [-0.4, -0.2) is 52.6 Å². The van der Waals surface area contributed by atoms with Gasteiger partial charge in [-0.25, -0.2) is 13.2 Å². The fraction of sp³-hybridized carbons (Fsp3) is 0.409. The van der Waals surface area contributed by atoms with E-state index < -0.39 is 27.7 Å². The first-order valence-electron chi connectivity index (χ1n) is 10.3. The van der Waals surface area contributed by atoms with Crippen molar-refractivity contribution in [2.75, 3.05) is 37.6 Å². The van der Waals surface area contributed by atoms with Gasteiger partial charge in [-0.05, 0) is 68.4 Å². The molecule has 11 heteroatoms. The number of esters is 1. The molecule has 1 saturated heterocycles. The maximum atomic E-state index is 13.5. The summed E-state index contributed by atoms with van der Waals surface area (Å²) in [6, 6.07) is 7.75. The third-order valence-electron chi connectivity index (χ3n) is 5.48. The lowest BCUT2D eigenvalue weighted by atomic mass is 10.1. The van der Waals surface area contributed by atoms with Gasteiger partial charge in [0.25, 0.3) is 10.0 Å². The van der Waals surface area contributed by atoms with E-state index in [9.17, 15) is 26.4 Å². The molecule has 1 heterocycles. The molecular weight excluding hydrogens is 481 g/mol. The van der Waals surface area contributed by atoms with Crippen LogP contribution in [0.15, 0.2) is 47.4 Å². The minimum absolute atomic E-state index is 0.00612. The number of halogens is 4. The van der Waals surface area contributed by atoms with Crippen molar-refractivity contribution in [1.29, 1.82) is 0 Å². The molecule has 0 unspecified atom stereocenters. The molecule has 0 aromatic heterocycles. The predicted octanol–water partition coefficient (Wildman–Crippen LogP) is 4.83. The van der Waals surface area contributed by atoms with Gasteiger partial charge in [-0.15, -0.1) is 0 Å². The zero-order chi connectivity index (χ0) is 24.2. The molecule has 0 bridgehead atoms. The molecular formula is C22H24ClF3N2O4S. The summed E-state index contributed by atoms with van der Waals surface area (Å²) in [5, 5.41) is -0.321. The first-order valence-corrected chi connectivity index (χ1v) is 12.2. The number of benzene rings is 2. The minimum Gasteiger partial charge on any atom is -0.465 e. The predicted molar refractivity (Wildman–Crippen MR) is 119 cm³/mol. The minimum atomic E-state index is -4.61. The number of sulfonamides is 1. The Bertz CT molecular complexity index is 1090. The van der Waals surface area contributed by atoms with Crippen LogP contribution >= 0.6 is 11.6 Å². The molecule has 0 N–H and O–H groups in total. The smallest absolute Gasteiger partial charge is 0.416 e. The van der Waals surface area contributed by atoms with Gasteiger partial charge >= 0.3 is 12.1 Å². The van der Waals surface area contributed by atoms with E-state index in [2.05, 4.69) is 9.64 Å². The summed E-state index contributed by atoms with van der Waals surface area (Å²) in [6.45, 7) is 2.05. The molecule has 2 aromatic rings. The fourth-order valence-electron chi connectivity index (χ4n) is 3.68. The van der Waals surface area contributed by atoms with Gasteiger partial charge in [-0.1, -0.05) is 18.0 Å². The highest BCUT2D eigenvalue weighted by Crippen LogP contribution is 2.37. The Morgan fingerprint density at radius 2 is 1.73 bits per heavy atom. The lowest BCUT2D eigenvalue weighted by Crippen LogP contribution is -2.40. The van der Waals surface area contributed by atoms with Crippen LogP contribution < -0.4 is 4.31 Å². The number of likely N-dealkylation sites (tertiary alicyclic amines) is 1. The largest absolute Gasteiger partial charge is 0.465 e. The molecule has 0 aliphatic carbocycles. The van der Waals surface area contributed by atoms with E-state index in [4.69, 9.17) is 11.6 Å². The van der Waals surface area contributed by atoms with Gasteiger partial charge in [-0.3, -0.25) is 4.31 Å². The molecule has 0 atom stereocenters. The standard InChI is InChI=1S/C22H24ClF3N2O4S/c1-32-21(29)16-5-8-18(9-6-16)33(30,31)28(14-13-27-11-3-2-4-12-27)20-10-7-17(15-19(20)23)22(24,25)26/h5-10,15H,2-4,11-14H2,1H3. The van der Waals surface area contributed by atoms with E-state index in [0.29, 0.717) is 6.54 Å². The third kappa shape index (κ3) is 5.99. The van der Waals surface area contributed by atoms with Crippen LogP contribution in [0.5, 0.6) is 0 Å². The van der Waals surface area contributed by atoms with Crippen molar-refractivity contribution in [3.8, 4) is 0 Å². The van der Waals surface area contributed by atoms with Crippen LogP contribution in [0.3, 0.4) is 0 Å². The van der Waals surface area contributed by atoms with Crippen molar-refractivity contribution in [2.45, 2.75) is 30.3 Å². The second kappa shape index (κ2) is 10.3. The van der Waals surface area contributed by atoms with Crippen molar-refractivity contribution in [3.05, 3.63) is 58.6 Å². The Morgan fingerprint density at radius 3 is 2.27 bits per heavy atom. The van der Waals surface area contributed by atoms with E-state index in [0.717, 1.165) is 54.9 Å². The fourth-order valence-corrected chi connectivity index (χ4v) is 5.49. The topological polar surface area (TPSA) is 66.9 Å². The molecule has 0 saturated carbocycles. The van der Waals surface area contributed by atoms with E-state index in [1.807, 2.05) is 0 Å². The lowest BCUT2D eigenvalue weighted by Gasteiger charge is -2.31. The highest BCUT2D eigenvalue weighted by atomic mass is 35.5. The van der Waals surface area contributed by atoms with Gasteiger partial charge < -0.3 is 9.64 Å². The van der Waals surface area contributed by atoms with Gasteiger partial charge in [-0.2, -0.15) is 13.2 Å². The van der Waals surface area contributed by atoms with E-state index >= 15 is 0 Å². The van der Waals surface area contributed by atoms with Gasteiger partial charge in [0.15, 0.2) is 0 Å². The Labute approximate surface area is 195 Å². The van der Waals surface area contributed by atoms with Crippen molar-refractivity contribution in [2.24, 2.45) is 0 Å². The molecule has 2 aromatic carbocycles. The first-order chi connectivity index (χ1) is 15.5. The maximum absolute atomic E-state index is 13.5. The summed E-state index contributed by atoms with van der Waals surface area (Å²) in [6.07, 6.45) is -1.50. The van der Waals surface area contributed by atoms with Gasteiger partial charge in [0.05, 0.1) is 33.8 Å². The summed E-state index contributed by atoms with van der Waals surface area (Å²) in [5.41, 5.74) is -0.838. The zero-order valence-electron chi connectivity index (χ0n) is 17.9. The zero-order valence-corrected chi connectivity index (χ0v) is 19.5. The summed E-state index contributed by atoms with van der Waals surface area (Å²) in [5.74, 6) is -0.619. The molecule has 1 aliphatic rings. The van der Waals surface area contributed by atoms with E-state index in [1.54, 1.807) is 0 Å². The average molecular weight is 505 g/mol. The summed E-state index contributed by atoms with van der Waals surface area (Å²) >= 11 is 6.15. The van der Waals surface area contributed by atoms with Crippen molar-refractivity contribution in [3.63, 3.8) is 0 Å². The molecule has 0 radical (unpaired) electrons. The number of carbonyl (C=O) groups excluding carboxylic acids is 1. The molecule has 0 spiro atoms. The van der Waals surface area contributed by atoms with Crippen LogP contribution in [0.4, 0.5) is 18.9 Å². The second-order valence-electron chi connectivity index (χ2n) is 7.66. The number of alkyl halides is 3. The average Bonchev–Trinajstić information content (AvgIpc) is 2.79. The van der Waals surface area contributed by atoms with Crippen molar-refractivity contribution >= 4 is 33.3 Å².